The first kappa shape index (κ1) is 20.2. The van der Waals surface area contributed by atoms with Crippen molar-refractivity contribution < 1.29 is 14.6 Å². The Labute approximate surface area is 179 Å². The average Bonchev–Trinajstić information content (AvgIpc) is 3.11. The van der Waals surface area contributed by atoms with Gasteiger partial charge < -0.3 is 25.9 Å². The monoisotopic (exact) mass is 414 g/mol. The van der Waals surface area contributed by atoms with E-state index < -0.39 is 0 Å². The van der Waals surface area contributed by atoms with Crippen LogP contribution in [0.25, 0.3) is 10.9 Å². The lowest BCUT2D eigenvalue weighted by Crippen LogP contribution is -2.13. The highest BCUT2D eigenvalue weighted by atomic mass is 16.5. The molecule has 7 heteroatoms. The van der Waals surface area contributed by atoms with Crippen LogP contribution in [-0.4, -0.2) is 35.4 Å². The number of aromatic amines is 1. The van der Waals surface area contributed by atoms with Crippen molar-refractivity contribution in [1.82, 2.24) is 4.98 Å². The lowest BCUT2D eigenvalue weighted by Gasteiger charge is -2.09. The van der Waals surface area contributed by atoms with Gasteiger partial charge in [0.05, 0.1) is 34.9 Å². The minimum Gasteiger partial charge on any atom is -0.494 e. The molecule has 0 aliphatic heterocycles. The minimum atomic E-state index is -0.264. The molecule has 0 saturated carbocycles. The fourth-order valence-corrected chi connectivity index (χ4v) is 3.37. The molecule has 0 bridgehead atoms. The molecule has 0 aliphatic carbocycles. The molecular formula is C24H22N4O3. The summed E-state index contributed by atoms with van der Waals surface area (Å²) >= 11 is 0. The first-order valence-corrected chi connectivity index (χ1v) is 9.69. The van der Waals surface area contributed by atoms with Crippen molar-refractivity contribution in [3.63, 3.8) is 0 Å². The number of H-pyrrole nitrogens is 1. The summed E-state index contributed by atoms with van der Waals surface area (Å²) in [6.45, 7) is 0.213. The summed E-state index contributed by atoms with van der Waals surface area (Å²) in [5.74, 6) is -0.228. The van der Waals surface area contributed by atoms with Crippen LogP contribution in [0.3, 0.4) is 0 Å². The van der Waals surface area contributed by atoms with Gasteiger partial charge in [0.15, 0.2) is 5.88 Å². The molecule has 0 atom stereocenters. The number of nitrogens with one attached hydrogen (secondary N) is 2. The second kappa shape index (κ2) is 8.73. The van der Waals surface area contributed by atoms with Gasteiger partial charge in [0.1, 0.15) is 0 Å². The minimum absolute atomic E-state index is 0.0356. The highest BCUT2D eigenvalue weighted by Crippen LogP contribution is 2.29. The largest absolute Gasteiger partial charge is 0.494 e. The number of carbonyl (C=O) groups is 1. The van der Waals surface area contributed by atoms with Gasteiger partial charge >= 0.3 is 0 Å². The number of nitrogens with zero attached hydrogens (tertiary/aromatic N) is 1. The summed E-state index contributed by atoms with van der Waals surface area (Å²) in [6, 6.07) is 21.5. The van der Waals surface area contributed by atoms with Crippen LogP contribution in [0.1, 0.15) is 15.9 Å². The van der Waals surface area contributed by atoms with Crippen LogP contribution < -0.4 is 11.1 Å². The van der Waals surface area contributed by atoms with E-state index in [-0.39, 0.29) is 18.4 Å². The van der Waals surface area contributed by atoms with E-state index in [9.17, 15) is 9.90 Å². The number of nitrogens with two attached hydrogens (primary N) is 1. The third-order valence-electron chi connectivity index (χ3n) is 4.86. The Balaban J connectivity index is 1.61. The smallest absolute Gasteiger partial charge is 0.255 e. The number of benzene rings is 3. The summed E-state index contributed by atoms with van der Waals surface area (Å²) < 4.78 is 5.31. The van der Waals surface area contributed by atoms with Crippen molar-refractivity contribution in [3.05, 3.63) is 83.9 Å². The topological polar surface area (TPSA) is 113 Å². The maximum absolute atomic E-state index is 12.5. The van der Waals surface area contributed by atoms with Crippen molar-refractivity contribution in [2.45, 2.75) is 0 Å². The Kier molecular flexibility index (Phi) is 5.68. The number of rotatable bonds is 6. The number of carbonyl (C=O) groups excluding carboxylic acids is 1. The fourth-order valence-electron chi connectivity index (χ4n) is 3.37. The van der Waals surface area contributed by atoms with E-state index in [4.69, 9.17) is 10.5 Å². The molecule has 1 heterocycles. The first-order chi connectivity index (χ1) is 15.1. The van der Waals surface area contributed by atoms with Gasteiger partial charge in [-0.3, -0.25) is 9.79 Å². The number of hydrogen-bond acceptors (Lipinski definition) is 5. The van der Waals surface area contributed by atoms with Crippen molar-refractivity contribution in [1.29, 1.82) is 0 Å². The number of amides is 1. The van der Waals surface area contributed by atoms with Crippen LogP contribution in [0.2, 0.25) is 0 Å². The third-order valence-corrected chi connectivity index (χ3v) is 4.86. The maximum Gasteiger partial charge on any atom is 0.255 e. The van der Waals surface area contributed by atoms with Gasteiger partial charge in [-0.15, -0.1) is 0 Å². The van der Waals surface area contributed by atoms with E-state index in [0.717, 1.165) is 10.9 Å². The van der Waals surface area contributed by atoms with E-state index in [2.05, 4.69) is 15.3 Å². The quantitative estimate of drug-likeness (QED) is 0.275. The molecule has 7 nitrogen and oxygen atoms in total. The second-order valence-corrected chi connectivity index (χ2v) is 6.97. The van der Waals surface area contributed by atoms with Crippen molar-refractivity contribution in [2.24, 2.45) is 4.99 Å². The van der Waals surface area contributed by atoms with Crippen LogP contribution in [0.4, 0.5) is 17.1 Å². The molecule has 31 heavy (non-hydrogen) atoms. The normalized spacial score (nSPS) is 11.6. The Hall–Kier alpha value is -4.10. The molecule has 1 aromatic heterocycles. The summed E-state index contributed by atoms with van der Waals surface area (Å²) in [6.07, 6.45) is 0. The number of aromatic hydroxyl groups is 1. The molecule has 4 aromatic rings. The molecule has 4 rings (SSSR count). The Morgan fingerprint density at radius 1 is 1.06 bits per heavy atom. The highest BCUT2D eigenvalue weighted by Gasteiger charge is 2.16. The fraction of sp³-hybridized carbons (Fsp3) is 0.0833. The Morgan fingerprint density at radius 3 is 2.52 bits per heavy atom. The number of para-hydroxylation sites is 3. The van der Waals surface area contributed by atoms with Gasteiger partial charge in [0, 0.05) is 23.6 Å². The summed E-state index contributed by atoms with van der Waals surface area (Å²) in [4.78, 5) is 20.1. The molecule has 3 aromatic carbocycles. The van der Waals surface area contributed by atoms with Gasteiger partial charge in [-0.2, -0.15) is 0 Å². The number of anilines is 2. The van der Waals surface area contributed by atoms with Crippen LogP contribution in [0, 0.1) is 0 Å². The summed E-state index contributed by atoms with van der Waals surface area (Å²) in [5, 5.41) is 14.1. The highest BCUT2D eigenvalue weighted by molar-refractivity contribution is 6.14. The molecular weight excluding hydrogens is 392 g/mol. The van der Waals surface area contributed by atoms with Crippen LogP contribution in [-0.2, 0) is 4.74 Å². The van der Waals surface area contributed by atoms with Crippen LogP contribution >= 0.6 is 0 Å². The number of ether oxygens (including phenoxy) is 1. The van der Waals surface area contributed by atoms with E-state index >= 15 is 0 Å². The summed E-state index contributed by atoms with van der Waals surface area (Å²) in [5.41, 5.74) is 10.0. The molecule has 0 spiro atoms. The van der Waals surface area contributed by atoms with E-state index in [1.54, 1.807) is 55.6 Å². The molecule has 0 saturated heterocycles. The van der Waals surface area contributed by atoms with Crippen molar-refractivity contribution >= 4 is 39.6 Å². The molecule has 1 amide bonds. The Bertz CT molecular complexity index is 1260. The molecule has 5 N–H and O–H groups in total. The molecule has 0 radical (unpaired) electrons. The maximum atomic E-state index is 12.5. The third kappa shape index (κ3) is 4.26. The average molecular weight is 414 g/mol. The zero-order valence-electron chi connectivity index (χ0n) is 16.9. The van der Waals surface area contributed by atoms with Crippen LogP contribution in [0.15, 0.2) is 77.8 Å². The standard InChI is InChI=1S/C24H22N4O3/c1-31-14-21(22-17-6-2-4-8-19(17)27-24(22)30)26-16-12-10-15(11-13-16)23(29)28-20-9-5-3-7-18(20)25/h2-13,27,30H,14,25H2,1H3,(H,28,29). The van der Waals surface area contributed by atoms with E-state index in [1.165, 1.54) is 0 Å². The number of nitrogen functional groups attached to an aromatic ring is 1. The van der Waals surface area contributed by atoms with Gasteiger partial charge in [-0.25, -0.2) is 0 Å². The van der Waals surface area contributed by atoms with Crippen molar-refractivity contribution in [3.8, 4) is 5.88 Å². The molecule has 0 fully saturated rings. The lowest BCUT2D eigenvalue weighted by molar-refractivity contribution is 0.102. The second-order valence-electron chi connectivity index (χ2n) is 6.97. The lowest BCUT2D eigenvalue weighted by atomic mass is 10.1. The SMILES string of the molecule is COCC(=Nc1ccc(C(=O)Nc2ccccc2N)cc1)c1c(O)[nH]c2ccccc12. The Morgan fingerprint density at radius 2 is 1.77 bits per heavy atom. The summed E-state index contributed by atoms with van der Waals surface area (Å²) in [7, 11) is 1.57. The first-order valence-electron chi connectivity index (χ1n) is 9.69. The molecule has 156 valence electrons. The van der Waals surface area contributed by atoms with Gasteiger partial charge in [0.25, 0.3) is 5.91 Å². The molecule has 0 unspecified atom stereocenters. The predicted octanol–water partition coefficient (Wildman–Crippen LogP) is 4.48. The number of aromatic nitrogens is 1. The zero-order chi connectivity index (χ0) is 21.8. The van der Waals surface area contributed by atoms with Crippen LogP contribution in [0.5, 0.6) is 5.88 Å². The van der Waals surface area contributed by atoms with E-state index in [0.29, 0.717) is 33.9 Å². The number of fused-ring (bicyclic) bond motifs is 1. The zero-order valence-corrected chi connectivity index (χ0v) is 16.9. The van der Waals surface area contributed by atoms with Gasteiger partial charge in [0.2, 0.25) is 0 Å². The van der Waals surface area contributed by atoms with Gasteiger partial charge in [-0.1, -0.05) is 30.3 Å². The number of methoxy groups -OCH3 is 1. The van der Waals surface area contributed by atoms with Gasteiger partial charge in [-0.05, 0) is 42.5 Å². The number of aliphatic imine (C=N–C) groups is 1. The molecule has 0 aliphatic rings. The van der Waals surface area contributed by atoms with Crippen molar-refractivity contribution in [2.75, 3.05) is 24.8 Å². The number of hydrogen-bond donors (Lipinski definition) is 4. The predicted molar refractivity (Wildman–Crippen MR) is 123 cm³/mol. The van der Waals surface area contributed by atoms with E-state index in [1.807, 2.05) is 24.3 Å².